The van der Waals surface area contributed by atoms with Crippen molar-refractivity contribution < 1.29 is 18.8 Å². The Labute approximate surface area is 110 Å². The van der Waals surface area contributed by atoms with Crippen molar-refractivity contribution >= 4 is 27.0 Å². The van der Waals surface area contributed by atoms with Gasteiger partial charge in [0.2, 0.25) is 0 Å². The summed E-state index contributed by atoms with van der Waals surface area (Å²) in [6.07, 6.45) is 1.44. The highest BCUT2D eigenvalue weighted by Gasteiger charge is 2.33. The van der Waals surface area contributed by atoms with Crippen molar-refractivity contribution in [3.05, 3.63) is 0 Å². The maximum atomic E-state index is 9.99. The van der Waals surface area contributed by atoms with Crippen molar-refractivity contribution in [2.45, 2.75) is 25.8 Å². The van der Waals surface area contributed by atoms with E-state index in [0.29, 0.717) is 18.7 Å². The van der Waals surface area contributed by atoms with Gasteiger partial charge >= 0.3 is 8.56 Å². The van der Waals surface area contributed by atoms with Gasteiger partial charge in [0.1, 0.15) is 5.78 Å². The molecule has 3 N–H and O–H groups in total. The zero-order valence-corrected chi connectivity index (χ0v) is 12.8. The second-order valence-electron chi connectivity index (χ2n) is 3.54. The molecule has 0 fully saturated rings. The van der Waals surface area contributed by atoms with Crippen molar-refractivity contribution in [3.8, 4) is 0 Å². The average Bonchev–Trinajstić information content (AvgIpc) is 2.32. The van der Waals surface area contributed by atoms with Crippen molar-refractivity contribution in [2.75, 3.05) is 32.7 Å². The van der Waals surface area contributed by atoms with Gasteiger partial charge in [0.15, 0.2) is 0 Å². The number of thiol groups is 1. The third-order valence-corrected chi connectivity index (χ3v) is 5.52. The number of carbonyl (C=O) groups excluding carboxylic acids is 1. The van der Waals surface area contributed by atoms with Gasteiger partial charge in [-0.1, -0.05) is 0 Å². The summed E-state index contributed by atoms with van der Waals surface area (Å²) in [6, 6.07) is 0.757. The second-order valence-corrected chi connectivity index (χ2v) is 7.45. The summed E-state index contributed by atoms with van der Waals surface area (Å²) in [5, 5.41) is 8.97. The summed E-state index contributed by atoms with van der Waals surface area (Å²) in [4.78, 5) is 9.99. The average molecular weight is 283 g/mol. The molecule has 0 aromatic carbocycles. The quantitative estimate of drug-likeness (QED) is 0.446. The summed E-state index contributed by atoms with van der Waals surface area (Å²) in [5.41, 5.74) is 5.33. The van der Waals surface area contributed by atoms with Gasteiger partial charge in [-0.15, -0.1) is 0 Å². The Kier molecular flexibility index (Phi) is 14.3. The van der Waals surface area contributed by atoms with E-state index in [0.717, 1.165) is 12.5 Å². The van der Waals surface area contributed by atoms with E-state index in [4.69, 9.17) is 19.7 Å². The number of aliphatic hydroxyl groups is 1. The van der Waals surface area contributed by atoms with Crippen LogP contribution in [-0.4, -0.2) is 52.2 Å². The normalized spacial score (nSPS) is 10.7. The number of rotatable bonds is 8. The van der Waals surface area contributed by atoms with E-state index >= 15 is 0 Å². The lowest BCUT2D eigenvalue weighted by molar-refractivity contribution is -0.116. The largest absolute Gasteiger partial charge is 0.396 e. The second kappa shape index (κ2) is 12.5. The van der Waals surface area contributed by atoms with Crippen molar-refractivity contribution in [2.24, 2.45) is 5.73 Å². The molecule has 5 nitrogen and oxygen atoms in total. The number of hydrogen-bond acceptors (Lipinski definition) is 6. The molecule has 0 bridgehead atoms. The van der Waals surface area contributed by atoms with Crippen LogP contribution >= 0.6 is 12.6 Å². The minimum Gasteiger partial charge on any atom is -0.396 e. The van der Waals surface area contributed by atoms with Crippen LogP contribution < -0.4 is 5.73 Å². The molecule has 0 radical (unpaired) electrons. The molecule has 0 aliphatic carbocycles. The monoisotopic (exact) mass is 283 g/mol. The minimum absolute atomic E-state index is 0. The molecule has 0 aliphatic heterocycles. The minimum atomic E-state index is -2.26. The Morgan fingerprint density at radius 3 is 2.12 bits per heavy atom. The van der Waals surface area contributed by atoms with Crippen LogP contribution in [0.5, 0.6) is 0 Å². The van der Waals surface area contributed by atoms with Gasteiger partial charge in [0.25, 0.3) is 0 Å². The van der Waals surface area contributed by atoms with E-state index in [1.165, 1.54) is 0 Å². The molecule has 0 aliphatic rings. The predicted molar refractivity (Wildman–Crippen MR) is 74.5 cm³/mol. The highest BCUT2D eigenvalue weighted by molar-refractivity contribution is 7.80. The topological polar surface area (TPSA) is 81.8 Å². The first kappa shape index (κ1) is 19.4. The lowest BCUT2D eigenvalue weighted by Crippen LogP contribution is -2.44. The van der Waals surface area contributed by atoms with Crippen LogP contribution in [0, 0.1) is 0 Å². The van der Waals surface area contributed by atoms with Crippen molar-refractivity contribution in [3.63, 3.8) is 0 Å². The molecule has 0 spiro atoms. The van der Waals surface area contributed by atoms with Gasteiger partial charge in [-0.2, -0.15) is 12.6 Å². The van der Waals surface area contributed by atoms with Crippen LogP contribution in [0.15, 0.2) is 0 Å². The molecule has 0 aromatic heterocycles. The van der Waals surface area contributed by atoms with Crippen molar-refractivity contribution in [1.82, 2.24) is 0 Å². The van der Waals surface area contributed by atoms with E-state index in [-0.39, 0.29) is 12.0 Å². The fourth-order valence-corrected chi connectivity index (χ4v) is 3.07. The Bertz CT molecular complexity index is 183. The van der Waals surface area contributed by atoms with Gasteiger partial charge < -0.3 is 19.7 Å². The molecule has 0 amide bonds. The first-order valence-electron chi connectivity index (χ1n) is 5.53. The van der Waals surface area contributed by atoms with Gasteiger partial charge in [0.05, 0.1) is 6.23 Å². The Morgan fingerprint density at radius 1 is 1.41 bits per heavy atom. The van der Waals surface area contributed by atoms with E-state index in [2.05, 4.69) is 12.6 Å². The molecule has 0 heterocycles. The highest BCUT2D eigenvalue weighted by atomic mass is 32.1. The number of nitrogens with two attached hydrogens (primary N) is 1. The van der Waals surface area contributed by atoms with Crippen LogP contribution in [0.3, 0.4) is 0 Å². The van der Waals surface area contributed by atoms with Gasteiger partial charge in [-0.25, -0.2) is 0 Å². The van der Waals surface area contributed by atoms with Crippen LogP contribution in [0.1, 0.15) is 19.8 Å². The predicted octanol–water partition coefficient (Wildman–Crippen LogP) is 0.497. The Hall–Kier alpha value is 0.0769. The Balaban J connectivity index is 0. The maximum Gasteiger partial charge on any atom is 0.364 e. The lowest BCUT2D eigenvalue weighted by Gasteiger charge is -2.24. The van der Waals surface area contributed by atoms with Crippen molar-refractivity contribution in [1.29, 1.82) is 0 Å². The molecule has 104 valence electrons. The van der Waals surface area contributed by atoms with Crippen LogP contribution in [0.4, 0.5) is 0 Å². The maximum absolute atomic E-state index is 9.99. The standard InChI is InChI=1S/C6H17NO3Si.C4H8OS/c1-9-11(6-8,10-2)5-3-4-7;1-4(5)2-3-6/h8H,3-7H2,1-2H3;6H,2-3H2,1H3. The molecule has 7 heteroatoms. The smallest absolute Gasteiger partial charge is 0.364 e. The van der Waals surface area contributed by atoms with E-state index in [9.17, 15) is 4.79 Å². The first-order chi connectivity index (χ1) is 8.01. The summed E-state index contributed by atoms with van der Waals surface area (Å²) < 4.78 is 10.3. The molecule has 0 saturated heterocycles. The van der Waals surface area contributed by atoms with Gasteiger partial charge in [0, 0.05) is 20.6 Å². The molecule has 0 rings (SSSR count). The molecule has 0 saturated carbocycles. The Morgan fingerprint density at radius 2 is 1.94 bits per heavy atom. The molecule has 0 atom stereocenters. The summed E-state index contributed by atoms with van der Waals surface area (Å²) in [6.45, 7) is 2.18. The third-order valence-electron chi connectivity index (χ3n) is 2.21. The summed E-state index contributed by atoms with van der Waals surface area (Å²) in [7, 11) is 0.881. The van der Waals surface area contributed by atoms with E-state index < -0.39 is 8.56 Å². The SMILES string of the molecule is CC(=O)CCS.CO[Si](CO)(CCCN)OC. The van der Waals surface area contributed by atoms with Crippen LogP contribution in [-0.2, 0) is 13.6 Å². The zero-order valence-electron chi connectivity index (χ0n) is 10.9. The van der Waals surface area contributed by atoms with Crippen LogP contribution in [0.25, 0.3) is 0 Å². The number of ketones is 1. The molecule has 0 aromatic rings. The number of hydrogen-bond donors (Lipinski definition) is 3. The lowest BCUT2D eigenvalue weighted by atomic mass is 10.4. The molecule has 17 heavy (non-hydrogen) atoms. The molecular formula is C10H25NO4SSi. The summed E-state index contributed by atoms with van der Waals surface area (Å²) in [5.74, 6) is 0.889. The molecule has 0 unspecified atom stereocenters. The van der Waals surface area contributed by atoms with Gasteiger partial charge in [-0.3, -0.25) is 4.79 Å². The molecular weight excluding hydrogens is 258 g/mol. The van der Waals surface area contributed by atoms with Crippen LogP contribution in [0.2, 0.25) is 6.04 Å². The zero-order chi connectivity index (χ0) is 13.7. The third kappa shape index (κ3) is 10.9. The number of aliphatic hydroxyl groups excluding tert-OH is 1. The fourth-order valence-electron chi connectivity index (χ4n) is 1.02. The fraction of sp³-hybridized carbons (Fsp3) is 0.900. The number of Topliss-reactive ketones (excluding diaryl/α,β-unsaturated/α-hetero) is 1. The van der Waals surface area contributed by atoms with Gasteiger partial charge in [-0.05, 0) is 31.7 Å². The highest BCUT2D eigenvalue weighted by Crippen LogP contribution is 2.12. The van der Waals surface area contributed by atoms with E-state index in [1.807, 2.05) is 0 Å². The summed E-state index contributed by atoms with van der Waals surface area (Å²) >= 11 is 3.84. The number of carbonyl (C=O) groups is 1. The van der Waals surface area contributed by atoms with E-state index in [1.54, 1.807) is 21.1 Å². The first-order valence-corrected chi connectivity index (χ1v) is 8.39.